The molecule has 0 bridgehead atoms. The molecule has 5 nitrogen and oxygen atoms in total. The molecule has 0 saturated heterocycles. The van der Waals surface area contributed by atoms with Gasteiger partial charge < -0.3 is 10.1 Å². The van der Waals surface area contributed by atoms with Crippen molar-refractivity contribution >= 4 is 11.7 Å². The van der Waals surface area contributed by atoms with Crippen LogP contribution in [-0.2, 0) is 11.8 Å². The lowest BCUT2D eigenvalue weighted by molar-refractivity contribution is -0.116. The number of ether oxygens (including phenoxy) is 1. The summed E-state index contributed by atoms with van der Waals surface area (Å²) in [5.41, 5.74) is 3.16. The molecule has 1 aliphatic rings. The molecule has 122 valence electrons. The minimum absolute atomic E-state index is 0.0232. The molecule has 0 unspecified atom stereocenters. The Morgan fingerprint density at radius 1 is 1.43 bits per heavy atom. The number of nitrogens with one attached hydrogen (secondary N) is 1. The van der Waals surface area contributed by atoms with Crippen molar-refractivity contribution in [1.29, 1.82) is 0 Å². The van der Waals surface area contributed by atoms with Gasteiger partial charge in [-0.25, -0.2) is 0 Å². The van der Waals surface area contributed by atoms with Crippen LogP contribution in [0.25, 0.3) is 0 Å². The Labute approximate surface area is 136 Å². The number of aryl methyl sites for hydroxylation is 2. The topological polar surface area (TPSA) is 56.2 Å². The number of hydrogen-bond acceptors (Lipinski definition) is 3. The minimum Gasteiger partial charge on any atom is -0.493 e. The molecule has 1 aliphatic heterocycles. The Bertz CT molecular complexity index is 734. The maximum absolute atomic E-state index is 12.1. The molecule has 1 atom stereocenters. The van der Waals surface area contributed by atoms with Crippen LogP contribution in [0.2, 0.25) is 0 Å². The highest BCUT2D eigenvalue weighted by molar-refractivity contribution is 5.94. The second-order valence-electron chi connectivity index (χ2n) is 6.55. The lowest BCUT2D eigenvalue weighted by Crippen LogP contribution is -2.24. The molecular weight excluding hydrogens is 290 g/mol. The third-order valence-electron chi connectivity index (χ3n) is 4.11. The van der Waals surface area contributed by atoms with E-state index in [0.717, 1.165) is 28.4 Å². The molecule has 0 saturated carbocycles. The monoisotopic (exact) mass is 313 g/mol. The lowest BCUT2D eigenvalue weighted by Gasteiger charge is -2.24. The first-order valence-corrected chi connectivity index (χ1v) is 8.01. The molecule has 2 heterocycles. The number of benzene rings is 1. The molecule has 1 amide bonds. The van der Waals surface area contributed by atoms with Crippen LogP contribution < -0.4 is 10.1 Å². The van der Waals surface area contributed by atoms with Gasteiger partial charge in [0.15, 0.2) is 0 Å². The van der Waals surface area contributed by atoms with Crippen molar-refractivity contribution in [2.24, 2.45) is 13.0 Å². The van der Waals surface area contributed by atoms with Gasteiger partial charge in [-0.3, -0.25) is 9.48 Å². The zero-order valence-electron chi connectivity index (χ0n) is 14.1. The van der Waals surface area contributed by atoms with E-state index in [-0.39, 0.29) is 11.8 Å². The van der Waals surface area contributed by atoms with Crippen molar-refractivity contribution in [3.05, 3.63) is 41.1 Å². The summed E-state index contributed by atoms with van der Waals surface area (Å²) in [5.74, 6) is 2.18. The molecule has 0 aliphatic carbocycles. The van der Waals surface area contributed by atoms with Gasteiger partial charge in [0.05, 0.1) is 12.3 Å². The van der Waals surface area contributed by atoms with Crippen molar-refractivity contribution in [1.82, 2.24) is 9.78 Å². The fourth-order valence-corrected chi connectivity index (χ4v) is 3.08. The molecule has 23 heavy (non-hydrogen) atoms. The molecule has 0 radical (unpaired) electrons. The number of carbonyl (C=O) groups excluding carboxylic acids is 1. The summed E-state index contributed by atoms with van der Waals surface area (Å²) in [6.07, 6.45) is 0.438. The van der Waals surface area contributed by atoms with Gasteiger partial charge >= 0.3 is 0 Å². The van der Waals surface area contributed by atoms with Crippen molar-refractivity contribution in [3.63, 3.8) is 0 Å². The summed E-state index contributed by atoms with van der Waals surface area (Å²) in [4.78, 5) is 12.1. The predicted molar refractivity (Wildman–Crippen MR) is 89.8 cm³/mol. The van der Waals surface area contributed by atoms with Crippen LogP contribution in [0.15, 0.2) is 24.3 Å². The molecule has 0 fully saturated rings. The molecule has 3 rings (SSSR count). The fourth-order valence-electron chi connectivity index (χ4n) is 3.08. The maximum Gasteiger partial charge on any atom is 0.226 e. The molecule has 5 heteroatoms. The smallest absolute Gasteiger partial charge is 0.226 e. The van der Waals surface area contributed by atoms with Crippen LogP contribution in [0, 0.1) is 12.8 Å². The maximum atomic E-state index is 12.1. The average Bonchev–Trinajstić information content (AvgIpc) is 2.79. The van der Waals surface area contributed by atoms with E-state index in [4.69, 9.17) is 4.74 Å². The van der Waals surface area contributed by atoms with E-state index in [2.05, 4.69) is 30.3 Å². The molecule has 0 spiro atoms. The Morgan fingerprint density at radius 3 is 2.96 bits per heavy atom. The number of nitrogens with zero attached hydrogens (tertiary/aromatic N) is 2. The first-order chi connectivity index (χ1) is 11.0. The van der Waals surface area contributed by atoms with Crippen LogP contribution in [0.1, 0.15) is 43.0 Å². The predicted octanol–water partition coefficient (Wildman–Crippen LogP) is 3.24. The highest BCUT2D eigenvalue weighted by Crippen LogP contribution is 2.39. The van der Waals surface area contributed by atoms with Crippen LogP contribution in [0.3, 0.4) is 0 Å². The van der Waals surface area contributed by atoms with Crippen molar-refractivity contribution < 1.29 is 9.53 Å². The summed E-state index contributed by atoms with van der Waals surface area (Å²) in [5, 5.41) is 7.39. The average molecular weight is 313 g/mol. The summed E-state index contributed by atoms with van der Waals surface area (Å²) in [6, 6.07) is 8.05. The largest absolute Gasteiger partial charge is 0.493 e. The van der Waals surface area contributed by atoms with E-state index in [1.807, 2.05) is 32.2 Å². The molecule has 2 aromatic rings. The number of hydrogen-bond donors (Lipinski definition) is 1. The third kappa shape index (κ3) is 3.09. The summed E-state index contributed by atoms with van der Waals surface area (Å²) < 4.78 is 7.57. The zero-order chi connectivity index (χ0) is 16.6. The SMILES string of the molecule is Cc1nn(C)c2c1[C@H](c1cccc(OCC(C)C)c1)CC(=O)N2. The third-order valence-corrected chi connectivity index (χ3v) is 4.11. The van der Waals surface area contributed by atoms with E-state index >= 15 is 0 Å². The van der Waals surface area contributed by atoms with Gasteiger partial charge in [-0.15, -0.1) is 0 Å². The second kappa shape index (κ2) is 6.07. The molecule has 1 N–H and O–H groups in total. The van der Waals surface area contributed by atoms with Gasteiger partial charge in [0.1, 0.15) is 11.6 Å². The molecular formula is C18H23N3O2. The van der Waals surface area contributed by atoms with Gasteiger partial charge in [0, 0.05) is 24.9 Å². The van der Waals surface area contributed by atoms with E-state index in [1.165, 1.54) is 0 Å². The van der Waals surface area contributed by atoms with E-state index in [0.29, 0.717) is 18.9 Å². The fraction of sp³-hybridized carbons (Fsp3) is 0.444. The Kier molecular flexibility index (Phi) is 4.11. The van der Waals surface area contributed by atoms with Crippen LogP contribution in [-0.4, -0.2) is 22.3 Å². The number of aromatic nitrogens is 2. The highest BCUT2D eigenvalue weighted by Gasteiger charge is 2.31. The number of fused-ring (bicyclic) bond motifs is 1. The summed E-state index contributed by atoms with van der Waals surface area (Å²) in [7, 11) is 1.86. The van der Waals surface area contributed by atoms with E-state index in [1.54, 1.807) is 4.68 Å². The lowest BCUT2D eigenvalue weighted by atomic mass is 9.86. The van der Waals surface area contributed by atoms with Gasteiger partial charge in [0.2, 0.25) is 5.91 Å². The quantitative estimate of drug-likeness (QED) is 0.943. The number of carbonyl (C=O) groups is 1. The number of amides is 1. The minimum atomic E-state index is 0.0232. The van der Waals surface area contributed by atoms with Crippen LogP contribution >= 0.6 is 0 Å². The molecule has 1 aromatic heterocycles. The summed E-state index contributed by atoms with van der Waals surface area (Å²) in [6.45, 7) is 6.93. The van der Waals surface area contributed by atoms with Gasteiger partial charge in [-0.1, -0.05) is 26.0 Å². The number of anilines is 1. The Balaban J connectivity index is 1.96. The van der Waals surface area contributed by atoms with Gasteiger partial charge in [-0.05, 0) is 30.5 Å². The van der Waals surface area contributed by atoms with Crippen LogP contribution in [0.4, 0.5) is 5.82 Å². The van der Waals surface area contributed by atoms with Crippen molar-refractivity contribution in [2.45, 2.75) is 33.1 Å². The normalized spacial score (nSPS) is 17.1. The Morgan fingerprint density at radius 2 is 2.22 bits per heavy atom. The standard InChI is InChI=1S/C18H23N3O2/c1-11(2)10-23-14-7-5-6-13(8-14)15-9-16(22)19-18-17(15)12(3)20-21(18)4/h5-8,11,15H,9-10H2,1-4H3,(H,19,22)/t15-/m0/s1. The zero-order valence-corrected chi connectivity index (χ0v) is 14.1. The summed E-state index contributed by atoms with van der Waals surface area (Å²) >= 11 is 0. The number of rotatable bonds is 4. The van der Waals surface area contributed by atoms with Crippen molar-refractivity contribution in [2.75, 3.05) is 11.9 Å². The van der Waals surface area contributed by atoms with Crippen LogP contribution in [0.5, 0.6) is 5.75 Å². The van der Waals surface area contributed by atoms with Gasteiger partial charge in [0.25, 0.3) is 0 Å². The van der Waals surface area contributed by atoms with Crippen molar-refractivity contribution in [3.8, 4) is 5.75 Å². The Hall–Kier alpha value is -2.30. The second-order valence-corrected chi connectivity index (χ2v) is 6.55. The molecule has 1 aromatic carbocycles. The van der Waals surface area contributed by atoms with Gasteiger partial charge in [-0.2, -0.15) is 5.10 Å². The first kappa shape index (κ1) is 15.6. The van der Waals surface area contributed by atoms with E-state index in [9.17, 15) is 4.79 Å². The first-order valence-electron chi connectivity index (χ1n) is 8.01. The van der Waals surface area contributed by atoms with E-state index < -0.39 is 0 Å². The highest BCUT2D eigenvalue weighted by atomic mass is 16.5.